The van der Waals surface area contributed by atoms with Gasteiger partial charge in [-0.15, -0.1) is 0 Å². The lowest BCUT2D eigenvalue weighted by molar-refractivity contribution is 0.104. The molecule has 2 atom stereocenters. The lowest BCUT2D eigenvalue weighted by atomic mass is 9.91. The summed E-state index contributed by atoms with van der Waals surface area (Å²) in [5.41, 5.74) is 2.41. The molecule has 0 saturated carbocycles. The zero-order valence-electron chi connectivity index (χ0n) is 19.5. The molecule has 33 heavy (non-hydrogen) atoms. The van der Waals surface area contributed by atoms with Crippen molar-refractivity contribution in [2.24, 2.45) is 13.0 Å². The molecule has 0 amide bonds. The number of hydrogen-bond acceptors (Lipinski definition) is 7. The minimum absolute atomic E-state index is 0.0241. The number of hydrogen-bond donors (Lipinski definition) is 0. The first kappa shape index (κ1) is 22.6. The number of fused-ring (bicyclic) bond motifs is 1. The highest BCUT2D eigenvalue weighted by molar-refractivity contribution is 5.88. The average Bonchev–Trinajstić information content (AvgIpc) is 2.82. The number of anilines is 1. The van der Waals surface area contributed by atoms with Crippen molar-refractivity contribution >= 4 is 16.7 Å². The molecule has 0 aromatic carbocycles. The summed E-state index contributed by atoms with van der Waals surface area (Å²) < 4.78 is 13.5. The number of pyridine rings is 3. The topological polar surface area (TPSA) is 93.3 Å². The average molecular weight is 448 g/mol. The van der Waals surface area contributed by atoms with Crippen LogP contribution in [0, 0.1) is 17.2 Å². The zero-order chi connectivity index (χ0) is 23.5. The molecule has 3 aromatic heterocycles. The van der Waals surface area contributed by atoms with Gasteiger partial charge in [0.05, 0.1) is 23.5 Å². The molecule has 4 rings (SSSR count). The maximum absolute atomic E-state index is 12.6. The molecule has 0 spiro atoms. The Morgan fingerprint density at radius 3 is 2.76 bits per heavy atom. The van der Waals surface area contributed by atoms with E-state index in [1.807, 2.05) is 26.0 Å². The number of aromatic nitrogens is 3. The summed E-state index contributed by atoms with van der Waals surface area (Å²) in [5, 5.41) is 9.31. The van der Waals surface area contributed by atoms with E-state index in [9.17, 15) is 10.1 Å². The van der Waals surface area contributed by atoms with Crippen molar-refractivity contribution in [1.82, 2.24) is 14.5 Å². The molecule has 1 fully saturated rings. The van der Waals surface area contributed by atoms with Gasteiger partial charge in [0.2, 0.25) is 5.88 Å². The van der Waals surface area contributed by atoms with Crippen molar-refractivity contribution in [3.05, 3.63) is 52.6 Å². The third kappa shape index (κ3) is 4.77. The fourth-order valence-electron chi connectivity index (χ4n) is 4.33. The van der Waals surface area contributed by atoms with E-state index in [0.29, 0.717) is 17.1 Å². The number of ether oxygens (including phenoxy) is 2. The van der Waals surface area contributed by atoms with E-state index in [1.165, 1.54) is 0 Å². The van der Waals surface area contributed by atoms with Crippen molar-refractivity contribution in [3.8, 4) is 17.7 Å². The minimum atomic E-state index is -0.0941. The van der Waals surface area contributed by atoms with Crippen LogP contribution >= 0.6 is 0 Å². The molecule has 1 aliphatic heterocycles. The van der Waals surface area contributed by atoms with Gasteiger partial charge in [0.1, 0.15) is 29.1 Å². The Kier molecular flexibility index (Phi) is 6.50. The number of nitriles is 1. The second kappa shape index (κ2) is 9.49. The molecule has 0 unspecified atom stereocenters. The van der Waals surface area contributed by atoms with E-state index >= 15 is 0 Å². The second-order valence-electron chi connectivity index (χ2n) is 8.66. The van der Waals surface area contributed by atoms with Crippen molar-refractivity contribution in [2.45, 2.75) is 45.8 Å². The van der Waals surface area contributed by atoms with Gasteiger partial charge in [-0.1, -0.05) is 6.92 Å². The van der Waals surface area contributed by atoms with E-state index in [0.717, 1.165) is 42.9 Å². The van der Waals surface area contributed by atoms with E-state index in [2.05, 4.69) is 27.9 Å². The Morgan fingerprint density at radius 2 is 2.09 bits per heavy atom. The smallest absolute Gasteiger partial charge is 0.252 e. The first-order valence-electron chi connectivity index (χ1n) is 11.3. The summed E-state index contributed by atoms with van der Waals surface area (Å²) in [6.07, 6.45) is 3.53. The molecule has 8 heteroatoms. The summed E-state index contributed by atoms with van der Waals surface area (Å²) in [6, 6.07) is 10.9. The van der Waals surface area contributed by atoms with Gasteiger partial charge in [-0.05, 0) is 38.5 Å². The van der Waals surface area contributed by atoms with Gasteiger partial charge in [-0.3, -0.25) is 4.79 Å². The Hall–Kier alpha value is -3.60. The fraction of sp³-hybridized carbons (Fsp3) is 0.440. The normalized spacial score (nSPS) is 18.4. The largest absolute Gasteiger partial charge is 0.489 e. The SMILES string of the molecule is CC[C@@H]1CN(c2cc(=O)n(C)c3ccc(C#N)nc23)CC[C@H]1Oc1ccc(OC(C)C)cn1. The molecule has 1 aliphatic rings. The van der Waals surface area contributed by atoms with Crippen molar-refractivity contribution in [3.63, 3.8) is 0 Å². The number of piperidine rings is 1. The van der Waals surface area contributed by atoms with Gasteiger partial charge < -0.3 is 18.9 Å². The highest BCUT2D eigenvalue weighted by atomic mass is 16.5. The first-order valence-corrected chi connectivity index (χ1v) is 11.3. The molecule has 172 valence electrons. The van der Waals surface area contributed by atoms with Crippen molar-refractivity contribution < 1.29 is 9.47 Å². The summed E-state index contributed by atoms with van der Waals surface area (Å²) >= 11 is 0. The summed E-state index contributed by atoms with van der Waals surface area (Å²) in [4.78, 5) is 23.7. The standard InChI is InChI=1S/C25H29N5O3/c1-5-17-15-30(11-10-22(17)33-23-9-7-19(14-27-23)32-16(2)3)21-12-24(31)29(4)20-8-6-18(13-26)28-25(20)21/h6-9,12,14,16-17,22H,5,10-11,15H2,1-4H3/t17-,22-/m1/s1. The van der Waals surface area contributed by atoms with Crippen LogP contribution < -0.4 is 19.9 Å². The third-order valence-corrected chi connectivity index (χ3v) is 6.07. The highest BCUT2D eigenvalue weighted by Gasteiger charge is 2.31. The van der Waals surface area contributed by atoms with E-state index in [4.69, 9.17) is 9.47 Å². The maximum Gasteiger partial charge on any atom is 0.252 e. The molecule has 3 aromatic rings. The van der Waals surface area contributed by atoms with Crippen LogP contribution in [0.1, 0.15) is 39.3 Å². The lowest BCUT2D eigenvalue weighted by Gasteiger charge is -2.39. The van der Waals surface area contributed by atoms with Gasteiger partial charge in [-0.2, -0.15) is 5.26 Å². The zero-order valence-corrected chi connectivity index (χ0v) is 19.5. The monoisotopic (exact) mass is 447 g/mol. The molecule has 1 saturated heterocycles. The van der Waals surface area contributed by atoms with E-state index in [-0.39, 0.29) is 23.7 Å². The van der Waals surface area contributed by atoms with Gasteiger partial charge in [0, 0.05) is 44.6 Å². The maximum atomic E-state index is 12.6. The number of rotatable bonds is 6. The van der Waals surface area contributed by atoms with Crippen LogP contribution in [0.3, 0.4) is 0 Å². The summed E-state index contributed by atoms with van der Waals surface area (Å²) in [7, 11) is 1.72. The molecule has 4 heterocycles. The predicted octanol–water partition coefficient (Wildman–Crippen LogP) is 3.67. The molecule has 8 nitrogen and oxygen atoms in total. The number of aryl methyl sites for hydroxylation is 1. The van der Waals surface area contributed by atoms with Crippen LogP contribution in [0.5, 0.6) is 11.6 Å². The van der Waals surface area contributed by atoms with Crippen LogP contribution in [0.4, 0.5) is 5.69 Å². The first-order chi connectivity index (χ1) is 15.9. The van der Waals surface area contributed by atoms with Crippen LogP contribution in [0.25, 0.3) is 11.0 Å². The summed E-state index contributed by atoms with van der Waals surface area (Å²) in [6.45, 7) is 7.55. The number of nitrogens with zero attached hydrogens (tertiary/aromatic N) is 5. The quantitative estimate of drug-likeness (QED) is 0.569. The van der Waals surface area contributed by atoms with Crippen LogP contribution in [0.15, 0.2) is 41.3 Å². The fourth-order valence-corrected chi connectivity index (χ4v) is 4.33. The van der Waals surface area contributed by atoms with Crippen molar-refractivity contribution in [2.75, 3.05) is 18.0 Å². The Balaban J connectivity index is 1.56. The Bertz CT molecular complexity index is 1230. The minimum Gasteiger partial charge on any atom is -0.489 e. The van der Waals surface area contributed by atoms with Gasteiger partial charge in [-0.25, -0.2) is 9.97 Å². The van der Waals surface area contributed by atoms with E-state index < -0.39 is 0 Å². The summed E-state index contributed by atoms with van der Waals surface area (Å²) in [5.74, 6) is 1.56. The van der Waals surface area contributed by atoms with Gasteiger partial charge in [0.15, 0.2) is 0 Å². The van der Waals surface area contributed by atoms with Crippen LogP contribution in [-0.2, 0) is 7.05 Å². The third-order valence-electron chi connectivity index (χ3n) is 6.07. The molecule has 0 radical (unpaired) electrons. The highest BCUT2D eigenvalue weighted by Crippen LogP contribution is 2.31. The Morgan fingerprint density at radius 1 is 1.27 bits per heavy atom. The predicted molar refractivity (Wildman–Crippen MR) is 127 cm³/mol. The molecule has 0 N–H and O–H groups in total. The van der Waals surface area contributed by atoms with Crippen molar-refractivity contribution in [1.29, 1.82) is 5.26 Å². The van der Waals surface area contributed by atoms with E-state index in [1.54, 1.807) is 36.0 Å². The lowest BCUT2D eigenvalue weighted by Crippen LogP contribution is -2.46. The Labute approximate surface area is 193 Å². The molecular formula is C25H29N5O3. The van der Waals surface area contributed by atoms with Gasteiger partial charge in [0.25, 0.3) is 5.56 Å². The molecule has 0 bridgehead atoms. The van der Waals surface area contributed by atoms with Crippen LogP contribution in [-0.4, -0.2) is 39.8 Å². The van der Waals surface area contributed by atoms with Crippen LogP contribution in [0.2, 0.25) is 0 Å². The molecule has 0 aliphatic carbocycles. The van der Waals surface area contributed by atoms with Gasteiger partial charge >= 0.3 is 0 Å². The second-order valence-corrected chi connectivity index (χ2v) is 8.66. The molecular weight excluding hydrogens is 418 g/mol.